The number of nitrogens with zero attached hydrogens (tertiary/aromatic N) is 1. The standard InChI is InChI=1S/C10H3F7N2/c11-3-1-4(12)8(13)9(14)7(3)5-2-6(19-18-5)10(15,16)17/h1-2H,(H,18,19). The van der Waals surface area contributed by atoms with Crippen LogP contribution in [0.15, 0.2) is 12.1 Å². The Hall–Kier alpha value is -2.06. The topological polar surface area (TPSA) is 28.7 Å². The summed E-state index contributed by atoms with van der Waals surface area (Å²) in [7, 11) is 0. The van der Waals surface area contributed by atoms with E-state index in [1.807, 2.05) is 0 Å². The number of halogens is 7. The molecule has 0 fully saturated rings. The van der Waals surface area contributed by atoms with Gasteiger partial charge in [-0.1, -0.05) is 0 Å². The predicted octanol–water partition coefficient (Wildman–Crippen LogP) is 3.65. The summed E-state index contributed by atoms with van der Waals surface area (Å²) >= 11 is 0. The molecule has 1 heterocycles. The minimum absolute atomic E-state index is 0.0235. The highest BCUT2D eigenvalue weighted by Gasteiger charge is 2.34. The van der Waals surface area contributed by atoms with Crippen LogP contribution in [0.25, 0.3) is 11.3 Å². The third kappa shape index (κ3) is 2.27. The molecule has 2 aromatic rings. The van der Waals surface area contributed by atoms with Crippen molar-refractivity contribution in [3.05, 3.63) is 41.1 Å². The van der Waals surface area contributed by atoms with Gasteiger partial charge in [0.1, 0.15) is 11.5 Å². The fourth-order valence-corrected chi connectivity index (χ4v) is 1.40. The maximum Gasteiger partial charge on any atom is 0.432 e. The van der Waals surface area contributed by atoms with Gasteiger partial charge in [-0.05, 0) is 6.07 Å². The number of H-pyrrole nitrogens is 1. The van der Waals surface area contributed by atoms with Crippen LogP contribution in [0.5, 0.6) is 0 Å². The lowest BCUT2D eigenvalue weighted by Gasteiger charge is -2.03. The molecule has 0 spiro atoms. The van der Waals surface area contributed by atoms with Gasteiger partial charge in [0, 0.05) is 6.07 Å². The number of benzene rings is 1. The van der Waals surface area contributed by atoms with Crippen molar-refractivity contribution in [3.8, 4) is 11.3 Å². The zero-order valence-electron chi connectivity index (χ0n) is 8.75. The first-order chi connectivity index (χ1) is 8.71. The van der Waals surface area contributed by atoms with Crippen LogP contribution in [0.4, 0.5) is 30.7 Å². The normalized spacial score (nSPS) is 11.9. The molecule has 1 N–H and O–H groups in total. The minimum atomic E-state index is -4.81. The first kappa shape index (κ1) is 13.4. The van der Waals surface area contributed by atoms with Gasteiger partial charge in [-0.15, -0.1) is 0 Å². The van der Waals surface area contributed by atoms with Crippen molar-refractivity contribution in [3.63, 3.8) is 0 Å². The van der Waals surface area contributed by atoms with Crippen molar-refractivity contribution in [1.82, 2.24) is 10.2 Å². The second-order valence-corrected chi connectivity index (χ2v) is 3.51. The molecule has 0 aliphatic rings. The summed E-state index contributed by atoms with van der Waals surface area (Å²) in [5.74, 6) is -7.28. The molecule has 19 heavy (non-hydrogen) atoms. The van der Waals surface area contributed by atoms with Crippen LogP contribution in [-0.2, 0) is 6.18 Å². The van der Waals surface area contributed by atoms with Crippen LogP contribution in [0.1, 0.15) is 5.69 Å². The summed E-state index contributed by atoms with van der Waals surface area (Å²) in [6.45, 7) is 0. The van der Waals surface area contributed by atoms with Crippen LogP contribution in [-0.4, -0.2) is 10.2 Å². The van der Waals surface area contributed by atoms with Crippen molar-refractivity contribution < 1.29 is 30.7 Å². The zero-order chi connectivity index (χ0) is 14.4. The molecule has 0 amide bonds. The van der Waals surface area contributed by atoms with Crippen LogP contribution in [0, 0.1) is 23.3 Å². The fraction of sp³-hybridized carbons (Fsp3) is 0.100. The first-order valence-electron chi connectivity index (χ1n) is 4.67. The van der Waals surface area contributed by atoms with Crippen LogP contribution < -0.4 is 0 Å². The molecule has 9 heteroatoms. The Morgan fingerprint density at radius 1 is 0.895 bits per heavy atom. The van der Waals surface area contributed by atoms with E-state index in [-0.39, 0.29) is 6.07 Å². The average Bonchev–Trinajstić information content (AvgIpc) is 2.75. The lowest BCUT2D eigenvalue weighted by molar-refractivity contribution is -0.141. The van der Waals surface area contributed by atoms with E-state index >= 15 is 0 Å². The number of aromatic nitrogens is 2. The second-order valence-electron chi connectivity index (χ2n) is 3.51. The zero-order valence-corrected chi connectivity index (χ0v) is 8.75. The number of aromatic amines is 1. The van der Waals surface area contributed by atoms with E-state index in [9.17, 15) is 30.7 Å². The summed E-state index contributed by atoms with van der Waals surface area (Å²) in [4.78, 5) is 0. The van der Waals surface area contributed by atoms with Crippen molar-refractivity contribution >= 4 is 0 Å². The third-order valence-electron chi connectivity index (χ3n) is 2.25. The molecule has 0 bridgehead atoms. The Morgan fingerprint density at radius 3 is 2.05 bits per heavy atom. The summed E-state index contributed by atoms with van der Waals surface area (Å²) in [6, 6.07) is 0.314. The largest absolute Gasteiger partial charge is 0.432 e. The number of rotatable bonds is 1. The number of hydrogen-bond acceptors (Lipinski definition) is 1. The fourth-order valence-electron chi connectivity index (χ4n) is 1.40. The maximum absolute atomic E-state index is 13.3. The third-order valence-corrected chi connectivity index (χ3v) is 2.25. The Balaban J connectivity index is 2.60. The van der Waals surface area contributed by atoms with E-state index in [4.69, 9.17) is 0 Å². The van der Waals surface area contributed by atoms with E-state index < -0.39 is 46.4 Å². The van der Waals surface area contributed by atoms with Crippen LogP contribution >= 0.6 is 0 Å². The van der Waals surface area contributed by atoms with Crippen LogP contribution in [0.2, 0.25) is 0 Å². The number of alkyl halides is 3. The first-order valence-corrected chi connectivity index (χ1v) is 4.67. The van der Waals surface area contributed by atoms with Gasteiger partial charge in [0.15, 0.2) is 17.5 Å². The van der Waals surface area contributed by atoms with E-state index in [1.54, 1.807) is 0 Å². The summed E-state index contributed by atoms with van der Waals surface area (Å²) in [6.07, 6.45) is -4.81. The number of hydrogen-bond donors (Lipinski definition) is 1. The molecular formula is C10H3F7N2. The van der Waals surface area contributed by atoms with Gasteiger partial charge in [-0.2, -0.15) is 18.3 Å². The summed E-state index contributed by atoms with van der Waals surface area (Å²) < 4.78 is 89.0. The van der Waals surface area contributed by atoms with Gasteiger partial charge in [0.05, 0.1) is 11.3 Å². The Bertz CT molecular complexity index is 630. The molecule has 0 aliphatic carbocycles. The molecular weight excluding hydrogens is 281 g/mol. The van der Waals surface area contributed by atoms with Gasteiger partial charge in [-0.25, -0.2) is 17.6 Å². The van der Waals surface area contributed by atoms with Crippen molar-refractivity contribution in [1.29, 1.82) is 0 Å². The summed E-state index contributed by atoms with van der Waals surface area (Å²) in [5, 5.41) is 4.54. The molecule has 102 valence electrons. The van der Waals surface area contributed by atoms with Gasteiger partial charge >= 0.3 is 6.18 Å². The molecule has 0 atom stereocenters. The average molecular weight is 284 g/mol. The lowest BCUT2D eigenvalue weighted by Crippen LogP contribution is -2.04. The highest BCUT2D eigenvalue weighted by atomic mass is 19.4. The van der Waals surface area contributed by atoms with Crippen molar-refractivity contribution in [2.24, 2.45) is 0 Å². The molecule has 2 rings (SSSR count). The molecule has 0 unspecified atom stereocenters. The monoisotopic (exact) mass is 284 g/mol. The van der Waals surface area contributed by atoms with Crippen LogP contribution in [0.3, 0.4) is 0 Å². The van der Waals surface area contributed by atoms with Gasteiger partial charge in [-0.3, -0.25) is 5.10 Å². The van der Waals surface area contributed by atoms with E-state index in [2.05, 4.69) is 5.10 Å². The highest BCUT2D eigenvalue weighted by Crippen LogP contribution is 2.33. The molecule has 1 aromatic heterocycles. The number of nitrogens with one attached hydrogen (secondary N) is 1. The second kappa shape index (κ2) is 4.25. The molecule has 1 aromatic carbocycles. The SMILES string of the molecule is Fc1cc(F)c(-c2cc(C(F)(F)F)[nH]n2)c(F)c1F. The van der Waals surface area contributed by atoms with E-state index in [1.165, 1.54) is 5.10 Å². The minimum Gasteiger partial charge on any atom is -0.273 e. The Morgan fingerprint density at radius 2 is 1.53 bits per heavy atom. The molecule has 0 aliphatic heterocycles. The highest BCUT2D eigenvalue weighted by molar-refractivity contribution is 5.61. The smallest absolute Gasteiger partial charge is 0.273 e. The summed E-state index contributed by atoms with van der Waals surface area (Å²) in [5.41, 5.74) is -3.36. The van der Waals surface area contributed by atoms with Gasteiger partial charge < -0.3 is 0 Å². The maximum atomic E-state index is 13.3. The van der Waals surface area contributed by atoms with Crippen molar-refractivity contribution in [2.75, 3.05) is 0 Å². The molecule has 2 nitrogen and oxygen atoms in total. The van der Waals surface area contributed by atoms with E-state index in [0.29, 0.717) is 6.07 Å². The Labute approximate surface area is 100 Å². The van der Waals surface area contributed by atoms with Crippen molar-refractivity contribution in [2.45, 2.75) is 6.18 Å². The van der Waals surface area contributed by atoms with E-state index in [0.717, 1.165) is 0 Å². The quantitative estimate of drug-likeness (QED) is 0.483. The molecule has 0 saturated heterocycles. The predicted molar refractivity (Wildman–Crippen MR) is 48.9 cm³/mol. The molecule has 0 saturated carbocycles. The Kier molecular flexibility index (Phi) is 2.99. The lowest BCUT2D eigenvalue weighted by atomic mass is 10.1. The van der Waals surface area contributed by atoms with Gasteiger partial charge in [0.2, 0.25) is 0 Å². The molecule has 0 radical (unpaired) electrons. The van der Waals surface area contributed by atoms with Gasteiger partial charge in [0.25, 0.3) is 0 Å².